The lowest BCUT2D eigenvalue weighted by Gasteiger charge is -2.08. The van der Waals surface area contributed by atoms with Crippen LogP contribution >= 0.6 is 0 Å². The number of nitrogens with one attached hydrogen (secondary N) is 2. The molecule has 1 aromatic heterocycles. The van der Waals surface area contributed by atoms with E-state index in [9.17, 15) is 14.4 Å². The number of ether oxygens (including phenoxy) is 1. The van der Waals surface area contributed by atoms with Crippen LogP contribution in [-0.2, 0) is 17.9 Å². The van der Waals surface area contributed by atoms with E-state index in [2.05, 4.69) is 10.3 Å². The Morgan fingerprint density at radius 2 is 1.96 bits per heavy atom. The van der Waals surface area contributed by atoms with Crippen molar-refractivity contribution in [2.75, 3.05) is 7.11 Å². The Morgan fingerprint density at radius 3 is 2.76 bits per heavy atom. The Balaban J connectivity index is 1.76. The van der Waals surface area contributed by atoms with Gasteiger partial charge in [-0.05, 0) is 29.8 Å². The van der Waals surface area contributed by atoms with Crippen LogP contribution in [0.25, 0.3) is 10.9 Å². The van der Waals surface area contributed by atoms with Gasteiger partial charge in [-0.3, -0.25) is 14.2 Å². The molecule has 0 fully saturated rings. The number of benzene rings is 2. The highest BCUT2D eigenvalue weighted by Gasteiger charge is 2.11. The zero-order valence-corrected chi connectivity index (χ0v) is 13.6. The summed E-state index contributed by atoms with van der Waals surface area (Å²) in [5, 5.41) is 3.06. The Bertz CT molecular complexity index is 1040. The molecule has 0 aliphatic carbocycles. The lowest BCUT2D eigenvalue weighted by Crippen LogP contribution is -2.40. The number of nitrogens with zero attached hydrogens (tertiary/aromatic N) is 1. The molecule has 3 rings (SSSR count). The smallest absolute Gasteiger partial charge is 0.329 e. The van der Waals surface area contributed by atoms with Gasteiger partial charge in [0.2, 0.25) is 5.91 Å². The van der Waals surface area contributed by atoms with Crippen LogP contribution in [0.3, 0.4) is 0 Å². The SMILES string of the molecule is COc1cccc(CNC(=O)Cn2c(=O)[nH]c3ccccc3c2=O)c1. The number of amides is 1. The van der Waals surface area contributed by atoms with Crippen LogP contribution < -0.4 is 21.3 Å². The van der Waals surface area contributed by atoms with E-state index in [0.29, 0.717) is 16.7 Å². The minimum absolute atomic E-state index is 0.274. The maximum absolute atomic E-state index is 12.4. The van der Waals surface area contributed by atoms with Crippen molar-refractivity contribution in [2.45, 2.75) is 13.1 Å². The summed E-state index contributed by atoms with van der Waals surface area (Å²) in [6, 6.07) is 14.0. The van der Waals surface area contributed by atoms with Gasteiger partial charge in [-0.1, -0.05) is 24.3 Å². The highest BCUT2D eigenvalue weighted by molar-refractivity contribution is 5.78. The fraction of sp³-hybridized carbons (Fsp3) is 0.167. The number of aromatic amines is 1. The van der Waals surface area contributed by atoms with Crippen LogP contribution in [0.2, 0.25) is 0 Å². The molecule has 1 heterocycles. The molecular formula is C18H17N3O4. The summed E-state index contributed by atoms with van der Waals surface area (Å²) >= 11 is 0. The van der Waals surface area contributed by atoms with Crippen molar-refractivity contribution in [1.82, 2.24) is 14.9 Å². The lowest BCUT2D eigenvalue weighted by atomic mass is 10.2. The topological polar surface area (TPSA) is 93.2 Å². The highest BCUT2D eigenvalue weighted by Crippen LogP contribution is 2.12. The van der Waals surface area contributed by atoms with Gasteiger partial charge in [-0.2, -0.15) is 0 Å². The number of para-hydroxylation sites is 1. The van der Waals surface area contributed by atoms with Gasteiger partial charge in [0.1, 0.15) is 12.3 Å². The van der Waals surface area contributed by atoms with Gasteiger partial charge in [0.25, 0.3) is 5.56 Å². The van der Waals surface area contributed by atoms with Crippen molar-refractivity contribution >= 4 is 16.8 Å². The second-order valence-corrected chi connectivity index (χ2v) is 5.50. The van der Waals surface area contributed by atoms with Crippen LogP contribution in [0, 0.1) is 0 Å². The normalized spacial score (nSPS) is 10.6. The number of carbonyl (C=O) groups is 1. The molecule has 0 spiro atoms. The molecule has 0 aliphatic heterocycles. The van der Waals surface area contributed by atoms with Crippen molar-refractivity contribution in [3.8, 4) is 5.75 Å². The quantitative estimate of drug-likeness (QED) is 0.726. The third-order valence-electron chi connectivity index (χ3n) is 3.81. The van der Waals surface area contributed by atoms with Crippen LogP contribution in [-0.4, -0.2) is 22.6 Å². The number of rotatable bonds is 5. The van der Waals surface area contributed by atoms with Gasteiger partial charge in [-0.15, -0.1) is 0 Å². The zero-order chi connectivity index (χ0) is 17.8. The van der Waals surface area contributed by atoms with E-state index in [-0.39, 0.29) is 13.1 Å². The average molecular weight is 339 g/mol. The molecule has 0 unspecified atom stereocenters. The van der Waals surface area contributed by atoms with Crippen molar-refractivity contribution in [1.29, 1.82) is 0 Å². The van der Waals surface area contributed by atoms with Crippen LogP contribution in [0.5, 0.6) is 5.75 Å². The number of hydrogen-bond donors (Lipinski definition) is 2. The van der Waals surface area contributed by atoms with Crippen LogP contribution in [0.1, 0.15) is 5.56 Å². The van der Waals surface area contributed by atoms with Crippen molar-refractivity contribution in [3.05, 3.63) is 74.9 Å². The van der Waals surface area contributed by atoms with E-state index in [1.807, 2.05) is 12.1 Å². The number of fused-ring (bicyclic) bond motifs is 1. The molecule has 2 N–H and O–H groups in total. The molecule has 7 heteroatoms. The monoisotopic (exact) mass is 339 g/mol. The maximum Gasteiger partial charge on any atom is 0.329 e. The van der Waals surface area contributed by atoms with Crippen molar-refractivity contribution in [3.63, 3.8) is 0 Å². The molecule has 0 bridgehead atoms. The van der Waals surface area contributed by atoms with Crippen molar-refractivity contribution in [2.24, 2.45) is 0 Å². The first-order valence-electron chi connectivity index (χ1n) is 7.70. The van der Waals surface area contributed by atoms with Gasteiger partial charge >= 0.3 is 5.69 Å². The summed E-state index contributed by atoms with van der Waals surface area (Å²) < 4.78 is 6.02. The molecule has 2 aromatic carbocycles. The molecule has 0 aliphatic rings. The van der Waals surface area contributed by atoms with E-state index < -0.39 is 17.2 Å². The number of H-pyrrole nitrogens is 1. The summed E-state index contributed by atoms with van der Waals surface area (Å²) in [6.07, 6.45) is 0. The fourth-order valence-corrected chi connectivity index (χ4v) is 2.53. The minimum Gasteiger partial charge on any atom is -0.497 e. The van der Waals surface area contributed by atoms with Gasteiger partial charge in [0.05, 0.1) is 18.0 Å². The second kappa shape index (κ2) is 7.04. The van der Waals surface area contributed by atoms with Gasteiger partial charge in [0, 0.05) is 6.54 Å². The predicted molar refractivity (Wildman–Crippen MR) is 93.7 cm³/mol. The van der Waals surface area contributed by atoms with E-state index in [0.717, 1.165) is 10.1 Å². The summed E-state index contributed by atoms with van der Waals surface area (Å²) in [6.45, 7) is -0.0702. The first-order chi connectivity index (χ1) is 12.1. The number of methoxy groups -OCH3 is 1. The number of hydrogen-bond acceptors (Lipinski definition) is 4. The Morgan fingerprint density at radius 1 is 1.16 bits per heavy atom. The highest BCUT2D eigenvalue weighted by atomic mass is 16.5. The molecule has 1 amide bonds. The Labute approximate surface area is 142 Å². The fourth-order valence-electron chi connectivity index (χ4n) is 2.53. The molecular weight excluding hydrogens is 322 g/mol. The average Bonchev–Trinajstić information content (AvgIpc) is 2.63. The lowest BCUT2D eigenvalue weighted by molar-refractivity contribution is -0.121. The first-order valence-corrected chi connectivity index (χ1v) is 7.70. The standard InChI is InChI=1S/C18H17N3O4/c1-25-13-6-4-5-12(9-13)10-19-16(22)11-21-17(23)14-7-2-3-8-15(14)20-18(21)24/h2-9H,10-11H2,1H3,(H,19,22)(H,20,24). The molecule has 0 saturated carbocycles. The van der Waals surface area contributed by atoms with Crippen LogP contribution in [0.4, 0.5) is 0 Å². The molecule has 25 heavy (non-hydrogen) atoms. The maximum atomic E-state index is 12.4. The first kappa shape index (κ1) is 16.5. The second-order valence-electron chi connectivity index (χ2n) is 5.50. The minimum atomic E-state index is -0.611. The van der Waals surface area contributed by atoms with E-state index in [1.165, 1.54) is 0 Å². The zero-order valence-electron chi connectivity index (χ0n) is 13.6. The van der Waals surface area contributed by atoms with Gasteiger partial charge < -0.3 is 15.0 Å². The van der Waals surface area contributed by atoms with E-state index >= 15 is 0 Å². The number of carbonyl (C=O) groups excluding carboxylic acids is 1. The van der Waals surface area contributed by atoms with Gasteiger partial charge in [-0.25, -0.2) is 4.79 Å². The third kappa shape index (κ3) is 3.60. The molecule has 128 valence electrons. The molecule has 0 radical (unpaired) electrons. The van der Waals surface area contributed by atoms with Crippen molar-refractivity contribution < 1.29 is 9.53 Å². The predicted octanol–water partition coefficient (Wildman–Crippen LogP) is 1.01. The third-order valence-corrected chi connectivity index (χ3v) is 3.81. The van der Waals surface area contributed by atoms with Gasteiger partial charge in [0.15, 0.2) is 0 Å². The summed E-state index contributed by atoms with van der Waals surface area (Å²) in [7, 11) is 1.57. The van der Waals surface area contributed by atoms with Crippen LogP contribution in [0.15, 0.2) is 58.1 Å². The Kier molecular flexibility index (Phi) is 4.65. The molecule has 3 aromatic rings. The number of aromatic nitrogens is 2. The van der Waals surface area contributed by atoms with E-state index in [4.69, 9.17) is 4.74 Å². The summed E-state index contributed by atoms with van der Waals surface area (Å²) in [5.41, 5.74) is 0.203. The molecule has 7 nitrogen and oxygen atoms in total. The summed E-state index contributed by atoms with van der Waals surface area (Å²) in [5.74, 6) is 0.264. The Hall–Kier alpha value is -3.35. The largest absolute Gasteiger partial charge is 0.497 e. The van der Waals surface area contributed by atoms with E-state index in [1.54, 1.807) is 43.5 Å². The molecule has 0 atom stereocenters. The molecule has 0 saturated heterocycles. The summed E-state index contributed by atoms with van der Waals surface area (Å²) in [4.78, 5) is 39.2.